The van der Waals surface area contributed by atoms with E-state index in [0.717, 1.165) is 5.92 Å². The molecule has 0 bridgehead atoms. The SMILES string of the molecule is CCCC[C@@H](CCC)OCOC1CCC(C)CC1. The van der Waals surface area contributed by atoms with Gasteiger partial charge in [-0.3, -0.25) is 0 Å². The monoisotopic (exact) mass is 256 g/mol. The minimum atomic E-state index is 0.414. The largest absolute Gasteiger partial charge is 0.352 e. The fourth-order valence-electron chi connectivity index (χ4n) is 2.69. The first kappa shape index (κ1) is 16.0. The number of unbranched alkanes of at least 4 members (excludes halogenated alkanes) is 1. The summed E-state index contributed by atoms with van der Waals surface area (Å²) in [4.78, 5) is 0. The molecule has 18 heavy (non-hydrogen) atoms. The van der Waals surface area contributed by atoms with Crippen molar-refractivity contribution in [3.8, 4) is 0 Å². The van der Waals surface area contributed by atoms with Crippen LogP contribution in [-0.4, -0.2) is 19.0 Å². The normalized spacial score (nSPS) is 26.2. The van der Waals surface area contributed by atoms with Gasteiger partial charge in [-0.15, -0.1) is 0 Å². The summed E-state index contributed by atoms with van der Waals surface area (Å²) < 4.78 is 11.8. The molecule has 0 aromatic carbocycles. The van der Waals surface area contributed by atoms with Crippen LogP contribution in [0.1, 0.15) is 78.6 Å². The number of rotatable bonds is 9. The van der Waals surface area contributed by atoms with Crippen LogP contribution < -0.4 is 0 Å². The molecule has 2 heteroatoms. The zero-order chi connectivity index (χ0) is 13.2. The van der Waals surface area contributed by atoms with Crippen LogP contribution in [0.15, 0.2) is 0 Å². The van der Waals surface area contributed by atoms with Gasteiger partial charge >= 0.3 is 0 Å². The molecule has 108 valence electrons. The van der Waals surface area contributed by atoms with Gasteiger partial charge in [0.2, 0.25) is 0 Å². The molecule has 1 aliphatic carbocycles. The van der Waals surface area contributed by atoms with Gasteiger partial charge in [0, 0.05) is 0 Å². The molecule has 1 fully saturated rings. The predicted molar refractivity (Wildman–Crippen MR) is 76.7 cm³/mol. The lowest BCUT2D eigenvalue weighted by Gasteiger charge is -2.27. The molecular formula is C16H32O2. The van der Waals surface area contributed by atoms with E-state index in [0.29, 0.717) is 19.0 Å². The first-order chi connectivity index (χ1) is 8.76. The van der Waals surface area contributed by atoms with E-state index in [1.165, 1.54) is 57.8 Å². The maximum atomic E-state index is 5.89. The number of hydrogen-bond donors (Lipinski definition) is 0. The van der Waals surface area contributed by atoms with Crippen LogP contribution in [0.3, 0.4) is 0 Å². The Hall–Kier alpha value is -0.0800. The lowest BCUT2D eigenvalue weighted by molar-refractivity contribution is -0.130. The topological polar surface area (TPSA) is 18.5 Å². The highest BCUT2D eigenvalue weighted by Crippen LogP contribution is 2.25. The summed E-state index contributed by atoms with van der Waals surface area (Å²) in [6, 6.07) is 0. The molecule has 0 aromatic rings. The molecule has 0 spiro atoms. The Bertz CT molecular complexity index is 186. The van der Waals surface area contributed by atoms with E-state index in [-0.39, 0.29) is 0 Å². The van der Waals surface area contributed by atoms with Gasteiger partial charge in [-0.25, -0.2) is 0 Å². The summed E-state index contributed by atoms with van der Waals surface area (Å²) in [6.45, 7) is 7.32. The average Bonchev–Trinajstić information content (AvgIpc) is 2.38. The highest BCUT2D eigenvalue weighted by molar-refractivity contribution is 4.69. The molecule has 0 N–H and O–H groups in total. The zero-order valence-electron chi connectivity index (χ0n) is 12.6. The van der Waals surface area contributed by atoms with Gasteiger partial charge < -0.3 is 9.47 Å². The first-order valence-electron chi connectivity index (χ1n) is 7.99. The average molecular weight is 256 g/mol. The quantitative estimate of drug-likeness (QED) is 0.545. The predicted octanol–water partition coefficient (Wildman–Crippen LogP) is 4.91. The fourth-order valence-corrected chi connectivity index (χ4v) is 2.69. The maximum absolute atomic E-state index is 5.89. The van der Waals surface area contributed by atoms with E-state index >= 15 is 0 Å². The van der Waals surface area contributed by atoms with Gasteiger partial charge in [-0.05, 0) is 44.4 Å². The van der Waals surface area contributed by atoms with Gasteiger partial charge in [-0.1, -0.05) is 40.0 Å². The summed E-state index contributed by atoms with van der Waals surface area (Å²) in [7, 11) is 0. The third-order valence-corrected chi connectivity index (χ3v) is 4.06. The Morgan fingerprint density at radius 3 is 2.33 bits per heavy atom. The Morgan fingerprint density at radius 1 is 1.00 bits per heavy atom. The zero-order valence-corrected chi connectivity index (χ0v) is 12.6. The Balaban J connectivity index is 2.09. The van der Waals surface area contributed by atoms with Crippen molar-refractivity contribution in [3.63, 3.8) is 0 Å². The second-order valence-electron chi connectivity index (χ2n) is 5.89. The van der Waals surface area contributed by atoms with Crippen LogP contribution in [0.4, 0.5) is 0 Å². The highest BCUT2D eigenvalue weighted by atomic mass is 16.7. The van der Waals surface area contributed by atoms with E-state index in [1.54, 1.807) is 0 Å². The molecule has 1 aliphatic rings. The molecular weight excluding hydrogens is 224 g/mol. The summed E-state index contributed by atoms with van der Waals surface area (Å²) in [5, 5.41) is 0. The molecule has 0 aromatic heterocycles. The van der Waals surface area contributed by atoms with Crippen molar-refractivity contribution in [2.75, 3.05) is 6.79 Å². The molecule has 1 rings (SSSR count). The van der Waals surface area contributed by atoms with Crippen molar-refractivity contribution in [2.45, 2.75) is 90.8 Å². The molecule has 2 nitrogen and oxygen atoms in total. The summed E-state index contributed by atoms with van der Waals surface area (Å²) >= 11 is 0. The van der Waals surface area contributed by atoms with Crippen LogP contribution in [0.5, 0.6) is 0 Å². The van der Waals surface area contributed by atoms with E-state index in [1.807, 2.05) is 0 Å². The molecule has 0 radical (unpaired) electrons. The number of hydrogen-bond acceptors (Lipinski definition) is 2. The molecule has 0 saturated heterocycles. The van der Waals surface area contributed by atoms with Crippen molar-refractivity contribution in [3.05, 3.63) is 0 Å². The van der Waals surface area contributed by atoms with Gasteiger partial charge in [0.1, 0.15) is 6.79 Å². The van der Waals surface area contributed by atoms with Gasteiger partial charge in [0.15, 0.2) is 0 Å². The van der Waals surface area contributed by atoms with E-state index in [4.69, 9.17) is 9.47 Å². The summed E-state index contributed by atoms with van der Waals surface area (Å²) in [5.74, 6) is 0.892. The molecule has 0 unspecified atom stereocenters. The lowest BCUT2D eigenvalue weighted by Crippen LogP contribution is -2.23. The van der Waals surface area contributed by atoms with Crippen LogP contribution in [0.25, 0.3) is 0 Å². The molecule has 0 amide bonds. The van der Waals surface area contributed by atoms with E-state index in [9.17, 15) is 0 Å². The summed E-state index contributed by atoms with van der Waals surface area (Å²) in [6.07, 6.45) is 12.0. The maximum Gasteiger partial charge on any atom is 0.147 e. The van der Waals surface area contributed by atoms with Gasteiger partial charge in [0.25, 0.3) is 0 Å². The third-order valence-electron chi connectivity index (χ3n) is 4.06. The van der Waals surface area contributed by atoms with Crippen LogP contribution >= 0.6 is 0 Å². The molecule has 0 heterocycles. The van der Waals surface area contributed by atoms with E-state index < -0.39 is 0 Å². The standard InChI is InChI=1S/C16H32O2/c1-4-6-8-15(7-5-2)17-13-18-16-11-9-14(3)10-12-16/h14-16H,4-13H2,1-3H3/t14?,15-,16?/m1/s1. The minimum absolute atomic E-state index is 0.414. The third kappa shape index (κ3) is 6.75. The second kappa shape index (κ2) is 9.80. The van der Waals surface area contributed by atoms with Crippen LogP contribution in [-0.2, 0) is 9.47 Å². The van der Waals surface area contributed by atoms with Crippen LogP contribution in [0, 0.1) is 5.92 Å². The van der Waals surface area contributed by atoms with Crippen molar-refractivity contribution < 1.29 is 9.47 Å². The van der Waals surface area contributed by atoms with Crippen LogP contribution in [0.2, 0.25) is 0 Å². The minimum Gasteiger partial charge on any atom is -0.352 e. The smallest absolute Gasteiger partial charge is 0.147 e. The summed E-state index contributed by atoms with van der Waals surface area (Å²) in [5.41, 5.74) is 0. The molecule has 0 aliphatic heterocycles. The van der Waals surface area contributed by atoms with E-state index in [2.05, 4.69) is 20.8 Å². The van der Waals surface area contributed by atoms with Crippen molar-refractivity contribution in [2.24, 2.45) is 5.92 Å². The molecule has 1 atom stereocenters. The highest BCUT2D eigenvalue weighted by Gasteiger charge is 2.19. The Labute approximate surface area is 113 Å². The first-order valence-corrected chi connectivity index (χ1v) is 7.99. The second-order valence-corrected chi connectivity index (χ2v) is 5.89. The van der Waals surface area contributed by atoms with Gasteiger partial charge in [0.05, 0.1) is 12.2 Å². The Kier molecular flexibility index (Phi) is 8.70. The fraction of sp³-hybridized carbons (Fsp3) is 1.00. The lowest BCUT2D eigenvalue weighted by atomic mass is 9.89. The van der Waals surface area contributed by atoms with Crippen molar-refractivity contribution >= 4 is 0 Å². The van der Waals surface area contributed by atoms with Gasteiger partial charge in [-0.2, -0.15) is 0 Å². The van der Waals surface area contributed by atoms with Crippen molar-refractivity contribution in [1.82, 2.24) is 0 Å². The van der Waals surface area contributed by atoms with Crippen molar-refractivity contribution in [1.29, 1.82) is 0 Å². The number of ether oxygens (including phenoxy) is 2. The Morgan fingerprint density at radius 2 is 1.72 bits per heavy atom. The molecule has 1 saturated carbocycles.